The van der Waals surface area contributed by atoms with Crippen molar-refractivity contribution in [2.45, 2.75) is 32.7 Å². The predicted octanol–water partition coefficient (Wildman–Crippen LogP) is 3.10. The zero-order valence-corrected chi connectivity index (χ0v) is 12.4. The first-order valence-corrected chi connectivity index (χ1v) is 7.69. The molecule has 1 fully saturated rings. The molecule has 4 heteroatoms. The fourth-order valence-electron chi connectivity index (χ4n) is 3.22. The Balaban J connectivity index is 1.67. The third-order valence-corrected chi connectivity index (χ3v) is 4.65. The molecule has 2 N–H and O–H groups in total. The number of aromatic amines is 1. The highest BCUT2D eigenvalue weighted by Gasteiger charge is 2.23. The largest absolute Gasteiger partial charge is 0.381 e. The summed E-state index contributed by atoms with van der Waals surface area (Å²) in [6, 6.07) is 6.82. The number of likely N-dealkylation sites (tertiary alicyclic amines) is 1. The first kappa shape index (κ1) is 13.4. The van der Waals surface area contributed by atoms with E-state index in [2.05, 4.69) is 52.5 Å². The average Bonchev–Trinajstić information content (AvgIpc) is 2.97. The molecule has 1 saturated heterocycles. The van der Waals surface area contributed by atoms with Gasteiger partial charge in [-0.25, -0.2) is 0 Å². The molecule has 0 radical (unpaired) electrons. The Morgan fingerprint density at radius 2 is 2.20 bits per heavy atom. The number of H-pyrrole nitrogens is 1. The van der Waals surface area contributed by atoms with Gasteiger partial charge in [0.2, 0.25) is 0 Å². The van der Waals surface area contributed by atoms with Gasteiger partial charge in [0, 0.05) is 11.4 Å². The van der Waals surface area contributed by atoms with Crippen LogP contribution >= 0.6 is 0 Å². The van der Waals surface area contributed by atoms with Gasteiger partial charge in [-0.15, -0.1) is 0 Å². The number of piperidine rings is 1. The number of rotatable bonds is 4. The van der Waals surface area contributed by atoms with Gasteiger partial charge in [0.25, 0.3) is 0 Å². The van der Waals surface area contributed by atoms with Gasteiger partial charge in [-0.3, -0.25) is 5.10 Å². The van der Waals surface area contributed by atoms with Gasteiger partial charge in [0.1, 0.15) is 0 Å². The Morgan fingerprint density at radius 1 is 1.40 bits per heavy atom. The van der Waals surface area contributed by atoms with Gasteiger partial charge < -0.3 is 10.2 Å². The number of nitrogens with one attached hydrogen (secondary N) is 2. The second kappa shape index (κ2) is 5.83. The summed E-state index contributed by atoms with van der Waals surface area (Å²) in [6.45, 7) is 8.22. The van der Waals surface area contributed by atoms with Crippen molar-refractivity contribution in [1.82, 2.24) is 15.1 Å². The van der Waals surface area contributed by atoms with E-state index in [1.165, 1.54) is 43.5 Å². The number of nitrogens with zero attached hydrogens (tertiary/aromatic N) is 2. The van der Waals surface area contributed by atoms with E-state index in [4.69, 9.17) is 0 Å². The zero-order valence-electron chi connectivity index (χ0n) is 12.4. The molecule has 1 aromatic carbocycles. The van der Waals surface area contributed by atoms with Crippen molar-refractivity contribution in [3.8, 4) is 0 Å². The van der Waals surface area contributed by atoms with Gasteiger partial charge in [-0.2, -0.15) is 5.10 Å². The van der Waals surface area contributed by atoms with Gasteiger partial charge >= 0.3 is 0 Å². The van der Waals surface area contributed by atoms with Crippen LogP contribution in [-0.2, 0) is 0 Å². The summed E-state index contributed by atoms with van der Waals surface area (Å²) in [4.78, 5) is 2.54. The molecular weight excluding hydrogens is 248 g/mol. The molecule has 0 spiro atoms. The lowest BCUT2D eigenvalue weighted by atomic mass is 9.90. The summed E-state index contributed by atoms with van der Waals surface area (Å²) in [5, 5.41) is 12.1. The molecule has 4 nitrogen and oxygen atoms in total. The molecule has 0 bridgehead atoms. The highest BCUT2D eigenvalue weighted by atomic mass is 15.1. The minimum absolute atomic E-state index is 0.503. The molecule has 1 aliphatic rings. The van der Waals surface area contributed by atoms with Crippen LogP contribution in [0.3, 0.4) is 0 Å². The van der Waals surface area contributed by atoms with Crippen molar-refractivity contribution in [3.05, 3.63) is 24.4 Å². The maximum atomic E-state index is 4.13. The molecule has 1 aromatic heterocycles. The summed E-state index contributed by atoms with van der Waals surface area (Å²) < 4.78 is 0. The summed E-state index contributed by atoms with van der Waals surface area (Å²) in [5.41, 5.74) is 2.29. The molecule has 0 saturated carbocycles. The van der Waals surface area contributed by atoms with E-state index in [0.717, 1.165) is 11.4 Å². The van der Waals surface area contributed by atoms with Crippen LogP contribution in [0.25, 0.3) is 10.9 Å². The number of hydrogen-bond acceptors (Lipinski definition) is 3. The minimum Gasteiger partial charge on any atom is -0.381 e. The standard InChI is InChI=1S/C16H24N4/c1-3-20-9-7-13(8-10-20)12(2)18-15-6-4-5-14-11-17-19-16(14)15/h4-6,11-13,18H,3,7-10H2,1-2H3,(H,17,19). The second-order valence-corrected chi connectivity index (χ2v) is 5.84. The minimum atomic E-state index is 0.503. The number of benzene rings is 1. The smallest absolute Gasteiger partial charge is 0.0881 e. The van der Waals surface area contributed by atoms with Crippen molar-refractivity contribution in [1.29, 1.82) is 0 Å². The van der Waals surface area contributed by atoms with Crippen molar-refractivity contribution in [2.24, 2.45) is 5.92 Å². The van der Waals surface area contributed by atoms with Crippen molar-refractivity contribution >= 4 is 16.6 Å². The fourth-order valence-corrected chi connectivity index (χ4v) is 3.22. The molecule has 1 unspecified atom stereocenters. The lowest BCUT2D eigenvalue weighted by molar-refractivity contribution is 0.183. The van der Waals surface area contributed by atoms with Gasteiger partial charge in [-0.1, -0.05) is 19.1 Å². The summed E-state index contributed by atoms with van der Waals surface area (Å²) in [5.74, 6) is 0.760. The zero-order chi connectivity index (χ0) is 13.9. The fraction of sp³-hybridized carbons (Fsp3) is 0.562. The quantitative estimate of drug-likeness (QED) is 0.899. The second-order valence-electron chi connectivity index (χ2n) is 5.84. The molecule has 0 amide bonds. The number of para-hydroxylation sites is 1. The number of aromatic nitrogens is 2. The van der Waals surface area contributed by atoms with Crippen molar-refractivity contribution < 1.29 is 0 Å². The van der Waals surface area contributed by atoms with E-state index >= 15 is 0 Å². The summed E-state index contributed by atoms with van der Waals surface area (Å²) in [6.07, 6.45) is 4.47. The monoisotopic (exact) mass is 272 g/mol. The van der Waals surface area contributed by atoms with E-state index in [1.807, 2.05) is 6.20 Å². The predicted molar refractivity (Wildman–Crippen MR) is 84.0 cm³/mol. The van der Waals surface area contributed by atoms with Crippen LogP contribution < -0.4 is 5.32 Å². The Morgan fingerprint density at radius 3 is 2.95 bits per heavy atom. The van der Waals surface area contributed by atoms with Crippen molar-refractivity contribution in [3.63, 3.8) is 0 Å². The molecule has 0 aliphatic carbocycles. The third kappa shape index (κ3) is 2.66. The van der Waals surface area contributed by atoms with Gasteiger partial charge in [0.05, 0.1) is 17.4 Å². The van der Waals surface area contributed by atoms with E-state index in [0.29, 0.717) is 6.04 Å². The van der Waals surface area contributed by atoms with Crippen LogP contribution in [0.4, 0.5) is 5.69 Å². The molecule has 1 aliphatic heterocycles. The maximum absolute atomic E-state index is 4.13. The van der Waals surface area contributed by atoms with Crippen LogP contribution in [0.5, 0.6) is 0 Å². The van der Waals surface area contributed by atoms with Gasteiger partial charge in [-0.05, 0) is 51.4 Å². The molecule has 1 atom stereocenters. The van der Waals surface area contributed by atoms with Crippen LogP contribution in [0, 0.1) is 5.92 Å². The lowest BCUT2D eigenvalue weighted by Gasteiger charge is -2.34. The van der Waals surface area contributed by atoms with E-state index < -0.39 is 0 Å². The molecule has 108 valence electrons. The molecular formula is C16H24N4. The maximum Gasteiger partial charge on any atom is 0.0881 e. The highest BCUT2D eigenvalue weighted by Crippen LogP contribution is 2.26. The SMILES string of the molecule is CCN1CCC(C(C)Nc2cccc3cn[nH]c23)CC1. The normalized spacial score (nSPS) is 19.3. The Bertz CT molecular complexity index is 554. The Kier molecular flexibility index (Phi) is 3.92. The first-order chi connectivity index (χ1) is 9.78. The average molecular weight is 272 g/mol. The number of hydrogen-bond donors (Lipinski definition) is 2. The third-order valence-electron chi connectivity index (χ3n) is 4.65. The van der Waals surface area contributed by atoms with Crippen LogP contribution in [0.15, 0.2) is 24.4 Å². The van der Waals surface area contributed by atoms with E-state index in [9.17, 15) is 0 Å². The topological polar surface area (TPSA) is 44.0 Å². The number of anilines is 1. The van der Waals surface area contributed by atoms with E-state index in [1.54, 1.807) is 0 Å². The summed E-state index contributed by atoms with van der Waals surface area (Å²) in [7, 11) is 0. The van der Waals surface area contributed by atoms with Gasteiger partial charge in [0.15, 0.2) is 0 Å². The molecule has 3 rings (SSSR count). The van der Waals surface area contributed by atoms with Crippen LogP contribution in [-0.4, -0.2) is 40.8 Å². The highest BCUT2D eigenvalue weighted by molar-refractivity contribution is 5.89. The Labute approximate surface area is 120 Å². The molecule has 2 aromatic rings. The lowest BCUT2D eigenvalue weighted by Crippen LogP contribution is -2.39. The molecule has 20 heavy (non-hydrogen) atoms. The van der Waals surface area contributed by atoms with Crippen LogP contribution in [0.2, 0.25) is 0 Å². The van der Waals surface area contributed by atoms with Crippen molar-refractivity contribution in [2.75, 3.05) is 25.0 Å². The Hall–Kier alpha value is -1.55. The number of fused-ring (bicyclic) bond motifs is 1. The van der Waals surface area contributed by atoms with E-state index in [-0.39, 0.29) is 0 Å². The summed E-state index contributed by atoms with van der Waals surface area (Å²) >= 11 is 0. The van der Waals surface area contributed by atoms with Crippen LogP contribution in [0.1, 0.15) is 26.7 Å². The molecule has 2 heterocycles. The first-order valence-electron chi connectivity index (χ1n) is 7.69.